The van der Waals surface area contributed by atoms with Gasteiger partial charge in [0.05, 0.1) is 18.2 Å². The van der Waals surface area contributed by atoms with Crippen LogP contribution in [0.2, 0.25) is 0 Å². The second kappa shape index (κ2) is 8.18. The van der Waals surface area contributed by atoms with E-state index in [1.165, 1.54) is 18.1 Å². The summed E-state index contributed by atoms with van der Waals surface area (Å²) in [6, 6.07) is 19.1. The first-order chi connectivity index (χ1) is 14.9. The lowest BCUT2D eigenvalue weighted by Gasteiger charge is -2.28. The first-order valence-electron chi connectivity index (χ1n) is 10.0. The van der Waals surface area contributed by atoms with Crippen LogP contribution in [0.15, 0.2) is 71.4 Å². The number of likely N-dealkylation sites (N-methyl/N-ethyl adjacent to an activating group) is 1. The van der Waals surface area contributed by atoms with E-state index in [2.05, 4.69) is 5.16 Å². The summed E-state index contributed by atoms with van der Waals surface area (Å²) in [4.78, 5) is 41.2. The molecule has 0 N–H and O–H groups in total. The number of aromatic nitrogens is 1. The second-order valence-electron chi connectivity index (χ2n) is 7.87. The van der Waals surface area contributed by atoms with Crippen LogP contribution < -0.4 is 0 Å². The third-order valence-corrected chi connectivity index (χ3v) is 5.85. The van der Waals surface area contributed by atoms with Gasteiger partial charge in [0.15, 0.2) is 5.76 Å². The molecule has 1 saturated heterocycles. The highest BCUT2D eigenvalue weighted by molar-refractivity contribution is 6.10. The third-order valence-electron chi connectivity index (χ3n) is 5.85. The first-order valence-corrected chi connectivity index (χ1v) is 10.0. The number of likely N-dealkylation sites (tertiary alicyclic amines) is 1. The Bertz CT molecular complexity index is 1090. The fourth-order valence-electron chi connectivity index (χ4n) is 4.00. The van der Waals surface area contributed by atoms with Gasteiger partial charge in [-0.25, -0.2) is 0 Å². The minimum atomic E-state index is -1.21. The Labute approximate surface area is 180 Å². The van der Waals surface area contributed by atoms with E-state index in [4.69, 9.17) is 4.52 Å². The number of amides is 3. The number of hydrogen-bond acceptors (Lipinski definition) is 5. The maximum Gasteiger partial charge on any atom is 0.240 e. The van der Waals surface area contributed by atoms with Crippen LogP contribution in [0.25, 0.3) is 11.1 Å². The molecule has 4 rings (SSSR count). The van der Waals surface area contributed by atoms with E-state index in [-0.39, 0.29) is 37.1 Å². The molecule has 3 amide bonds. The molecule has 1 aliphatic rings. The lowest BCUT2D eigenvalue weighted by Crippen LogP contribution is -2.41. The molecule has 1 aromatic heterocycles. The van der Waals surface area contributed by atoms with Crippen molar-refractivity contribution >= 4 is 17.7 Å². The predicted molar refractivity (Wildman–Crippen MR) is 114 cm³/mol. The maximum absolute atomic E-state index is 13.2. The largest absolute Gasteiger partial charge is 0.360 e. The van der Waals surface area contributed by atoms with Crippen LogP contribution in [-0.2, 0) is 26.3 Å². The SMILES string of the molecule is CN(Cc1ccno1)C(=O)CC1(c2ccc(-c3ccccc3)cc2)CC(=O)N(C)C1=O. The molecule has 3 aromatic rings. The standard InChI is InChI=1S/C24H23N3O4/c1-26(16-20-12-13-25-31-20)21(28)14-24(15-22(29)27(2)23(24)30)19-10-8-18(9-11-19)17-6-4-3-5-7-17/h3-13H,14-16H2,1-2H3. The fourth-order valence-corrected chi connectivity index (χ4v) is 4.00. The highest BCUT2D eigenvalue weighted by atomic mass is 16.5. The van der Waals surface area contributed by atoms with Gasteiger partial charge < -0.3 is 9.42 Å². The number of carbonyl (C=O) groups excluding carboxylic acids is 3. The zero-order valence-corrected chi connectivity index (χ0v) is 17.4. The molecule has 1 atom stereocenters. The molecule has 0 spiro atoms. The second-order valence-corrected chi connectivity index (χ2v) is 7.87. The van der Waals surface area contributed by atoms with Crippen molar-refractivity contribution in [3.8, 4) is 11.1 Å². The van der Waals surface area contributed by atoms with Crippen molar-refractivity contribution in [2.75, 3.05) is 14.1 Å². The molecule has 0 aliphatic carbocycles. The van der Waals surface area contributed by atoms with E-state index >= 15 is 0 Å². The molecule has 31 heavy (non-hydrogen) atoms. The van der Waals surface area contributed by atoms with Crippen molar-refractivity contribution in [1.29, 1.82) is 0 Å². The van der Waals surface area contributed by atoms with Crippen LogP contribution in [0.1, 0.15) is 24.2 Å². The van der Waals surface area contributed by atoms with Crippen LogP contribution in [0.5, 0.6) is 0 Å². The van der Waals surface area contributed by atoms with Gasteiger partial charge in [0, 0.05) is 33.0 Å². The molecule has 0 radical (unpaired) electrons. The zero-order valence-electron chi connectivity index (χ0n) is 17.4. The van der Waals surface area contributed by atoms with Crippen LogP contribution in [0.4, 0.5) is 0 Å². The molecule has 158 valence electrons. The van der Waals surface area contributed by atoms with Crippen LogP contribution in [-0.4, -0.2) is 46.8 Å². The number of carbonyl (C=O) groups is 3. The van der Waals surface area contributed by atoms with Gasteiger partial charge in [0.1, 0.15) is 0 Å². The molecule has 1 fully saturated rings. The summed E-state index contributed by atoms with van der Waals surface area (Å²) in [5.41, 5.74) is 1.50. The summed E-state index contributed by atoms with van der Waals surface area (Å²) in [7, 11) is 3.11. The molecule has 7 nitrogen and oxygen atoms in total. The Hall–Kier alpha value is -3.74. The van der Waals surface area contributed by atoms with E-state index < -0.39 is 5.41 Å². The average molecular weight is 417 g/mol. The zero-order chi connectivity index (χ0) is 22.0. The molecule has 0 bridgehead atoms. The van der Waals surface area contributed by atoms with Crippen LogP contribution in [0.3, 0.4) is 0 Å². The van der Waals surface area contributed by atoms with E-state index in [0.717, 1.165) is 16.0 Å². The fraction of sp³-hybridized carbons (Fsp3) is 0.250. The number of benzene rings is 2. The number of hydrogen-bond donors (Lipinski definition) is 0. The van der Waals surface area contributed by atoms with Gasteiger partial charge in [-0.3, -0.25) is 19.3 Å². The Morgan fingerprint density at radius 2 is 1.74 bits per heavy atom. The monoisotopic (exact) mass is 417 g/mol. The van der Waals surface area contributed by atoms with Crippen molar-refractivity contribution in [3.63, 3.8) is 0 Å². The molecular formula is C24H23N3O4. The Balaban J connectivity index is 1.64. The third kappa shape index (κ3) is 3.86. The average Bonchev–Trinajstić information content (AvgIpc) is 3.37. The lowest BCUT2D eigenvalue weighted by atomic mass is 9.75. The van der Waals surface area contributed by atoms with Crippen molar-refractivity contribution in [2.24, 2.45) is 0 Å². The topological polar surface area (TPSA) is 83.7 Å². The molecule has 2 heterocycles. The Morgan fingerprint density at radius 3 is 2.32 bits per heavy atom. The molecule has 0 saturated carbocycles. The van der Waals surface area contributed by atoms with Crippen molar-refractivity contribution in [1.82, 2.24) is 15.0 Å². The summed E-state index contributed by atoms with van der Waals surface area (Å²) in [5.74, 6) is -0.350. The number of imide groups is 1. The molecule has 7 heteroatoms. The molecule has 1 unspecified atom stereocenters. The van der Waals surface area contributed by atoms with Crippen LogP contribution >= 0.6 is 0 Å². The molecule has 2 aromatic carbocycles. The predicted octanol–water partition coefficient (Wildman–Crippen LogP) is 3.02. The van der Waals surface area contributed by atoms with E-state index in [1.54, 1.807) is 13.1 Å². The summed E-state index contributed by atoms with van der Waals surface area (Å²) in [6.07, 6.45) is 1.38. The maximum atomic E-state index is 13.2. The van der Waals surface area contributed by atoms with Crippen LogP contribution in [0, 0.1) is 0 Å². The van der Waals surface area contributed by atoms with Crippen molar-refractivity contribution in [3.05, 3.63) is 78.2 Å². The summed E-state index contributed by atoms with van der Waals surface area (Å²) in [6.45, 7) is 0.236. The first kappa shape index (κ1) is 20.5. The van der Waals surface area contributed by atoms with E-state index in [1.807, 2.05) is 54.6 Å². The Kier molecular flexibility index (Phi) is 5.42. The number of rotatable bonds is 6. The van der Waals surface area contributed by atoms with Gasteiger partial charge in [-0.05, 0) is 16.7 Å². The van der Waals surface area contributed by atoms with Gasteiger partial charge in [0.2, 0.25) is 17.7 Å². The van der Waals surface area contributed by atoms with Gasteiger partial charge in [-0.1, -0.05) is 59.8 Å². The van der Waals surface area contributed by atoms with Gasteiger partial charge >= 0.3 is 0 Å². The quantitative estimate of drug-likeness (QED) is 0.576. The summed E-state index contributed by atoms with van der Waals surface area (Å²) < 4.78 is 5.07. The van der Waals surface area contributed by atoms with Crippen molar-refractivity contribution < 1.29 is 18.9 Å². The van der Waals surface area contributed by atoms with E-state index in [0.29, 0.717) is 11.3 Å². The van der Waals surface area contributed by atoms with Gasteiger partial charge in [-0.2, -0.15) is 0 Å². The highest BCUT2D eigenvalue weighted by Crippen LogP contribution is 2.40. The highest BCUT2D eigenvalue weighted by Gasteiger charge is 2.52. The molecular weight excluding hydrogens is 394 g/mol. The summed E-state index contributed by atoms with van der Waals surface area (Å²) >= 11 is 0. The minimum Gasteiger partial charge on any atom is -0.360 e. The Morgan fingerprint density at radius 1 is 1.06 bits per heavy atom. The normalized spacial score (nSPS) is 18.5. The van der Waals surface area contributed by atoms with Crippen molar-refractivity contribution in [2.45, 2.75) is 24.8 Å². The van der Waals surface area contributed by atoms with E-state index in [9.17, 15) is 14.4 Å². The van der Waals surface area contributed by atoms with Gasteiger partial charge in [-0.15, -0.1) is 0 Å². The molecule has 1 aliphatic heterocycles. The minimum absolute atomic E-state index is 0.0328. The number of nitrogens with zero attached hydrogens (tertiary/aromatic N) is 3. The lowest BCUT2D eigenvalue weighted by molar-refractivity contribution is -0.141. The smallest absolute Gasteiger partial charge is 0.240 e. The van der Waals surface area contributed by atoms with Gasteiger partial charge in [0.25, 0.3) is 0 Å². The summed E-state index contributed by atoms with van der Waals surface area (Å²) in [5, 5.41) is 3.65.